The number of aryl methyl sites for hydroxylation is 2. The van der Waals surface area contributed by atoms with Crippen LogP contribution in [-0.4, -0.2) is 23.0 Å². The van der Waals surface area contributed by atoms with Crippen molar-refractivity contribution in [3.63, 3.8) is 0 Å². The number of para-hydroxylation sites is 1. The van der Waals surface area contributed by atoms with Gasteiger partial charge in [-0.25, -0.2) is 4.98 Å². The summed E-state index contributed by atoms with van der Waals surface area (Å²) in [4.78, 5) is 14.6. The van der Waals surface area contributed by atoms with Gasteiger partial charge in [0.05, 0.1) is 17.8 Å². The lowest BCUT2D eigenvalue weighted by Gasteiger charge is -2.12. The Morgan fingerprint density at radius 2 is 1.92 bits per heavy atom. The van der Waals surface area contributed by atoms with Crippen LogP contribution in [0, 0.1) is 13.8 Å². The van der Waals surface area contributed by atoms with E-state index in [1.54, 1.807) is 18.4 Å². The minimum absolute atomic E-state index is 0.671. The molecule has 0 amide bonds. The maximum Gasteiger partial charge on any atom is 0.191 e. The smallest absolute Gasteiger partial charge is 0.191 e. The standard InChI is InChI=1S/C18H21N5S/c1-12-13(2)24-16(23-12)11-22-18(19-3)21-10-15-7-4-6-14-8-5-9-20-17(14)15/h4-9H,10-11H2,1-3H3,(H2,19,21,22). The molecule has 0 saturated carbocycles. The summed E-state index contributed by atoms with van der Waals surface area (Å²) in [6.45, 7) is 5.48. The second kappa shape index (κ2) is 7.40. The van der Waals surface area contributed by atoms with Gasteiger partial charge in [-0.3, -0.25) is 9.98 Å². The van der Waals surface area contributed by atoms with Crippen LogP contribution >= 0.6 is 11.3 Å². The molecule has 0 fully saturated rings. The van der Waals surface area contributed by atoms with E-state index in [0.717, 1.165) is 33.1 Å². The van der Waals surface area contributed by atoms with E-state index < -0.39 is 0 Å². The number of guanidine groups is 1. The minimum Gasteiger partial charge on any atom is -0.352 e. The number of thiazole rings is 1. The predicted octanol–water partition coefficient (Wildman–Crippen LogP) is 3.17. The average Bonchev–Trinajstić information content (AvgIpc) is 2.93. The number of pyridine rings is 1. The number of aliphatic imine (C=N–C) groups is 1. The van der Waals surface area contributed by atoms with E-state index in [0.29, 0.717) is 13.1 Å². The molecule has 0 aliphatic rings. The summed E-state index contributed by atoms with van der Waals surface area (Å²) >= 11 is 1.72. The van der Waals surface area contributed by atoms with Crippen molar-refractivity contribution in [1.29, 1.82) is 0 Å². The van der Waals surface area contributed by atoms with E-state index >= 15 is 0 Å². The molecule has 0 atom stereocenters. The van der Waals surface area contributed by atoms with Crippen LogP contribution in [0.3, 0.4) is 0 Å². The van der Waals surface area contributed by atoms with Crippen LogP contribution in [0.15, 0.2) is 41.5 Å². The van der Waals surface area contributed by atoms with Crippen molar-refractivity contribution in [2.75, 3.05) is 7.05 Å². The van der Waals surface area contributed by atoms with Crippen LogP contribution in [0.2, 0.25) is 0 Å². The fraction of sp³-hybridized carbons (Fsp3) is 0.278. The van der Waals surface area contributed by atoms with Crippen molar-refractivity contribution < 1.29 is 0 Å². The Kier molecular flexibility index (Phi) is 5.05. The number of fused-ring (bicyclic) bond motifs is 1. The van der Waals surface area contributed by atoms with Crippen molar-refractivity contribution in [1.82, 2.24) is 20.6 Å². The third-order valence-electron chi connectivity index (χ3n) is 3.87. The van der Waals surface area contributed by atoms with Gasteiger partial charge in [0, 0.05) is 30.1 Å². The SMILES string of the molecule is CN=C(NCc1nc(C)c(C)s1)NCc1cccc2cccnc12. The van der Waals surface area contributed by atoms with E-state index in [-0.39, 0.29) is 0 Å². The summed E-state index contributed by atoms with van der Waals surface area (Å²) in [5.74, 6) is 0.758. The summed E-state index contributed by atoms with van der Waals surface area (Å²) in [5, 5.41) is 8.87. The Hall–Kier alpha value is -2.47. The van der Waals surface area contributed by atoms with Gasteiger partial charge in [-0.05, 0) is 25.5 Å². The zero-order valence-corrected chi connectivity index (χ0v) is 14.9. The van der Waals surface area contributed by atoms with Crippen molar-refractivity contribution in [3.05, 3.63) is 57.7 Å². The molecule has 3 aromatic rings. The predicted molar refractivity (Wildman–Crippen MR) is 100 cm³/mol. The molecule has 24 heavy (non-hydrogen) atoms. The van der Waals surface area contributed by atoms with Gasteiger partial charge < -0.3 is 10.6 Å². The molecule has 6 heteroatoms. The fourth-order valence-electron chi connectivity index (χ4n) is 2.48. The molecule has 0 bridgehead atoms. The number of rotatable bonds is 4. The molecule has 5 nitrogen and oxygen atoms in total. The van der Waals surface area contributed by atoms with E-state index in [4.69, 9.17) is 0 Å². The highest BCUT2D eigenvalue weighted by atomic mass is 32.1. The van der Waals surface area contributed by atoms with E-state index in [1.165, 1.54) is 4.88 Å². The van der Waals surface area contributed by atoms with Crippen molar-refractivity contribution in [2.45, 2.75) is 26.9 Å². The number of hydrogen-bond donors (Lipinski definition) is 2. The Labute approximate surface area is 145 Å². The van der Waals surface area contributed by atoms with Gasteiger partial charge in [-0.2, -0.15) is 0 Å². The molecule has 0 unspecified atom stereocenters. The van der Waals surface area contributed by atoms with Crippen LogP contribution in [0.1, 0.15) is 21.1 Å². The van der Waals surface area contributed by atoms with Crippen molar-refractivity contribution in [2.24, 2.45) is 4.99 Å². The first-order valence-electron chi connectivity index (χ1n) is 7.87. The largest absolute Gasteiger partial charge is 0.352 e. The monoisotopic (exact) mass is 339 g/mol. The third-order valence-corrected chi connectivity index (χ3v) is 4.94. The fourth-order valence-corrected chi connectivity index (χ4v) is 3.36. The quantitative estimate of drug-likeness (QED) is 0.566. The molecule has 0 radical (unpaired) electrons. The van der Waals surface area contributed by atoms with E-state index in [9.17, 15) is 0 Å². The molecule has 3 rings (SSSR count). The lowest BCUT2D eigenvalue weighted by molar-refractivity contribution is 0.805. The molecule has 1 aromatic carbocycles. The number of aromatic nitrogens is 2. The van der Waals surface area contributed by atoms with Crippen molar-refractivity contribution in [3.8, 4) is 0 Å². The summed E-state index contributed by atoms with van der Waals surface area (Å²) in [5.41, 5.74) is 3.27. The Bertz CT molecular complexity index is 844. The molecule has 0 aliphatic heterocycles. The Morgan fingerprint density at radius 1 is 1.12 bits per heavy atom. The maximum atomic E-state index is 4.54. The normalized spacial score (nSPS) is 11.7. The van der Waals surface area contributed by atoms with E-state index in [2.05, 4.69) is 56.8 Å². The second-order valence-corrected chi connectivity index (χ2v) is 6.81. The van der Waals surface area contributed by atoms with Crippen molar-refractivity contribution >= 4 is 28.2 Å². The summed E-state index contributed by atoms with van der Waals surface area (Å²) in [6.07, 6.45) is 1.83. The lowest BCUT2D eigenvalue weighted by atomic mass is 10.1. The van der Waals surface area contributed by atoms with Crippen LogP contribution in [0.5, 0.6) is 0 Å². The number of nitrogens with one attached hydrogen (secondary N) is 2. The molecule has 2 aromatic heterocycles. The highest BCUT2D eigenvalue weighted by Crippen LogP contribution is 2.16. The second-order valence-electron chi connectivity index (χ2n) is 5.52. The number of hydrogen-bond acceptors (Lipinski definition) is 4. The first kappa shape index (κ1) is 16.4. The molecule has 2 heterocycles. The molecular weight excluding hydrogens is 318 g/mol. The lowest BCUT2D eigenvalue weighted by Crippen LogP contribution is -2.36. The number of benzene rings is 1. The summed E-state index contributed by atoms with van der Waals surface area (Å²) < 4.78 is 0. The maximum absolute atomic E-state index is 4.54. The van der Waals surface area contributed by atoms with Gasteiger partial charge in [0.2, 0.25) is 0 Å². The molecule has 124 valence electrons. The molecular formula is C18H21N5S. The van der Waals surface area contributed by atoms with Crippen LogP contribution in [0.25, 0.3) is 10.9 Å². The Morgan fingerprint density at radius 3 is 2.67 bits per heavy atom. The molecule has 0 saturated heterocycles. The van der Waals surface area contributed by atoms with Gasteiger partial charge in [0.1, 0.15) is 5.01 Å². The Balaban J connectivity index is 1.63. The van der Waals surface area contributed by atoms with Gasteiger partial charge in [0.25, 0.3) is 0 Å². The van der Waals surface area contributed by atoms with Gasteiger partial charge in [0.15, 0.2) is 5.96 Å². The van der Waals surface area contributed by atoms with E-state index in [1.807, 2.05) is 19.2 Å². The zero-order valence-electron chi connectivity index (χ0n) is 14.1. The topological polar surface area (TPSA) is 62.2 Å². The van der Waals surface area contributed by atoms with Gasteiger partial charge >= 0.3 is 0 Å². The molecule has 0 spiro atoms. The zero-order chi connectivity index (χ0) is 16.9. The van der Waals surface area contributed by atoms with Crippen LogP contribution in [0.4, 0.5) is 0 Å². The van der Waals surface area contributed by atoms with Crippen LogP contribution in [-0.2, 0) is 13.1 Å². The third kappa shape index (κ3) is 3.71. The first-order valence-corrected chi connectivity index (χ1v) is 8.69. The minimum atomic E-state index is 0.671. The molecule has 0 aliphatic carbocycles. The van der Waals surface area contributed by atoms with Gasteiger partial charge in [-0.1, -0.05) is 24.3 Å². The average molecular weight is 339 g/mol. The van der Waals surface area contributed by atoms with Gasteiger partial charge in [-0.15, -0.1) is 11.3 Å². The highest BCUT2D eigenvalue weighted by molar-refractivity contribution is 7.11. The highest BCUT2D eigenvalue weighted by Gasteiger charge is 2.06. The number of nitrogens with zero attached hydrogens (tertiary/aromatic N) is 3. The van der Waals surface area contributed by atoms with Crippen LogP contribution < -0.4 is 10.6 Å². The molecule has 2 N–H and O–H groups in total. The summed E-state index contributed by atoms with van der Waals surface area (Å²) in [6, 6.07) is 10.2. The summed E-state index contributed by atoms with van der Waals surface area (Å²) in [7, 11) is 1.77. The first-order chi connectivity index (χ1) is 11.7.